The number of benzene rings is 1. The maximum absolute atomic E-state index is 12.3. The molecule has 3 rings (SSSR count). The molecule has 0 aliphatic carbocycles. The molecule has 1 N–H and O–H groups in total. The van der Waals surface area contributed by atoms with Crippen LogP contribution in [0.4, 0.5) is 11.9 Å². The first kappa shape index (κ1) is 17.9. The number of nitrogens with one attached hydrogen (secondary N) is 1. The van der Waals surface area contributed by atoms with Crippen molar-refractivity contribution in [1.82, 2.24) is 20.3 Å². The number of anilines is 2. The molecule has 8 heteroatoms. The lowest BCUT2D eigenvalue weighted by Crippen LogP contribution is -2.27. The van der Waals surface area contributed by atoms with E-state index in [0.29, 0.717) is 29.0 Å². The van der Waals surface area contributed by atoms with Gasteiger partial charge in [0.1, 0.15) is 5.75 Å². The zero-order chi connectivity index (χ0) is 18.5. The number of aromatic nitrogens is 3. The van der Waals surface area contributed by atoms with Crippen molar-refractivity contribution < 1.29 is 9.53 Å². The summed E-state index contributed by atoms with van der Waals surface area (Å²) in [5, 5.41) is 2.87. The third-order valence-electron chi connectivity index (χ3n) is 4.21. The number of carbonyl (C=O) groups is 1. The van der Waals surface area contributed by atoms with Crippen molar-refractivity contribution in [2.24, 2.45) is 0 Å². The Hall–Kier alpha value is -2.90. The summed E-state index contributed by atoms with van der Waals surface area (Å²) in [6.07, 6.45) is 2.29. The summed E-state index contributed by atoms with van der Waals surface area (Å²) in [4.78, 5) is 29.8. The lowest BCUT2D eigenvalue weighted by atomic mass is 10.2. The Bertz CT molecular complexity index is 757. The normalized spacial score (nSPS) is 13.6. The molecule has 0 atom stereocenters. The second kappa shape index (κ2) is 7.99. The summed E-state index contributed by atoms with van der Waals surface area (Å²) in [5.41, 5.74) is 0.562. The van der Waals surface area contributed by atoms with Gasteiger partial charge in [0.15, 0.2) is 5.82 Å². The number of hydrogen-bond donors (Lipinski definition) is 1. The Balaban J connectivity index is 1.72. The van der Waals surface area contributed by atoms with E-state index in [1.807, 2.05) is 19.0 Å². The first-order valence-corrected chi connectivity index (χ1v) is 8.66. The van der Waals surface area contributed by atoms with E-state index in [-0.39, 0.29) is 12.5 Å². The summed E-state index contributed by atoms with van der Waals surface area (Å²) in [5.74, 6) is 2.35. The van der Waals surface area contributed by atoms with E-state index in [1.54, 1.807) is 31.4 Å². The molecule has 1 aromatic heterocycles. The summed E-state index contributed by atoms with van der Waals surface area (Å²) in [6, 6.07) is 6.96. The van der Waals surface area contributed by atoms with Gasteiger partial charge < -0.3 is 19.9 Å². The van der Waals surface area contributed by atoms with Gasteiger partial charge in [-0.25, -0.2) is 0 Å². The van der Waals surface area contributed by atoms with Crippen LogP contribution in [0, 0.1) is 0 Å². The van der Waals surface area contributed by atoms with E-state index in [2.05, 4.69) is 25.2 Å². The molecule has 8 nitrogen and oxygen atoms in total. The van der Waals surface area contributed by atoms with Crippen molar-refractivity contribution in [3.63, 3.8) is 0 Å². The highest BCUT2D eigenvalue weighted by Crippen LogP contribution is 2.18. The standard InChI is InChI=1S/C18H24N6O2/c1-23(2)17-20-15(21-18(22-17)24-10-4-5-11-24)12-19-16(25)13-6-8-14(26-3)9-7-13/h6-9H,4-5,10-12H2,1-3H3,(H,19,25). The molecule has 2 aromatic rings. The van der Waals surface area contributed by atoms with Crippen LogP contribution in [-0.2, 0) is 6.54 Å². The van der Waals surface area contributed by atoms with Gasteiger partial charge in [0, 0.05) is 32.7 Å². The summed E-state index contributed by atoms with van der Waals surface area (Å²) in [6.45, 7) is 2.15. The quantitative estimate of drug-likeness (QED) is 0.839. The van der Waals surface area contributed by atoms with Crippen molar-refractivity contribution in [3.05, 3.63) is 35.7 Å². The second-order valence-corrected chi connectivity index (χ2v) is 6.35. The molecule has 1 aliphatic rings. The lowest BCUT2D eigenvalue weighted by molar-refractivity contribution is 0.0950. The maximum atomic E-state index is 12.3. The molecule has 26 heavy (non-hydrogen) atoms. The smallest absolute Gasteiger partial charge is 0.251 e. The van der Waals surface area contributed by atoms with Gasteiger partial charge in [0.25, 0.3) is 5.91 Å². The third kappa shape index (κ3) is 4.19. The Labute approximate surface area is 153 Å². The number of carbonyl (C=O) groups excluding carboxylic acids is 1. The van der Waals surface area contributed by atoms with Crippen LogP contribution in [0.3, 0.4) is 0 Å². The topological polar surface area (TPSA) is 83.5 Å². The van der Waals surface area contributed by atoms with Gasteiger partial charge in [0.2, 0.25) is 11.9 Å². The van der Waals surface area contributed by atoms with Crippen molar-refractivity contribution in [2.75, 3.05) is 44.1 Å². The van der Waals surface area contributed by atoms with Crippen LogP contribution >= 0.6 is 0 Å². The fraction of sp³-hybridized carbons (Fsp3) is 0.444. The van der Waals surface area contributed by atoms with E-state index in [1.165, 1.54) is 0 Å². The minimum absolute atomic E-state index is 0.179. The zero-order valence-corrected chi connectivity index (χ0v) is 15.4. The first-order chi connectivity index (χ1) is 12.6. The number of rotatable bonds is 6. The predicted molar refractivity (Wildman–Crippen MR) is 99.8 cm³/mol. The molecule has 1 fully saturated rings. The highest BCUT2D eigenvalue weighted by atomic mass is 16.5. The Kier molecular flexibility index (Phi) is 5.50. The molecule has 1 aromatic carbocycles. The second-order valence-electron chi connectivity index (χ2n) is 6.35. The lowest BCUT2D eigenvalue weighted by Gasteiger charge is -2.19. The van der Waals surface area contributed by atoms with Gasteiger partial charge in [-0.15, -0.1) is 0 Å². The van der Waals surface area contributed by atoms with Crippen LogP contribution in [0.5, 0.6) is 5.75 Å². The SMILES string of the molecule is COc1ccc(C(=O)NCc2nc(N(C)C)nc(N3CCCC3)n2)cc1. The van der Waals surface area contributed by atoms with Crippen LogP contribution in [0.1, 0.15) is 29.0 Å². The van der Waals surface area contributed by atoms with E-state index in [0.717, 1.165) is 25.9 Å². The van der Waals surface area contributed by atoms with Crippen LogP contribution in [-0.4, -0.2) is 55.2 Å². The van der Waals surface area contributed by atoms with Gasteiger partial charge in [0.05, 0.1) is 13.7 Å². The Morgan fingerprint density at radius 3 is 2.46 bits per heavy atom. The average molecular weight is 356 g/mol. The van der Waals surface area contributed by atoms with Gasteiger partial charge >= 0.3 is 0 Å². The van der Waals surface area contributed by atoms with Crippen LogP contribution in [0.15, 0.2) is 24.3 Å². The van der Waals surface area contributed by atoms with E-state index < -0.39 is 0 Å². The predicted octanol–water partition coefficient (Wildman–Crippen LogP) is 1.48. The molecule has 0 bridgehead atoms. The molecule has 0 radical (unpaired) electrons. The van der Waals surface area contributed by atoms with E-state index >= 15 is 0 Å². The summed E-state index contributed by atoms with van der Waals surface area (Å²) < 4.78 is 5.11. The zero-order valence-electron chi connectivity index (χ0n) is 15.4. The molecule has 1 aliphatic heterocycles. The first-order valence-electron chi connectivity index (χ1n) is 8.66. The molecule has 1 saturated heterocycles. The number of ether oxygens (including phenoxy) is 1. The van der Waals surface area contributed by atoms with Crippen molar-refractivity contribution in [2.45, 2.75) is 19.4 Å². The number of hydrogen-bond acceptors (Lipinski definition) is 7. The Morgan fingerprint density at radius 1 is 1.15 bits per heavy atom. The highest BCUT2D eigenvalue weighted by molar-refractivity contribution is 5.94. The molecule has 1 amide bonds. The monoisotopic (exact) mass is 356 g/mol. The minimum Gasteiger partial charge on any atom is -0.497 e. The van der Waals surface area contributed by atoms with E-state index in [4.69, 9.17) is 4.74 Å². The number of nitrogens with zero attached hydrogens (tertiary/aromatic N) is 5. The molecule has 0 spiro atoms. The minimum atomic E-state index is -0.179. The molecular weight excluding hydrogens is 332 g/mol. The summed E-state index contributed by atoms with van der Waals surface area (Å²) >= 11 is 0. The number of methoxy groups -OCH3 is 1. The molecule has 2 heterocycles. The fourth-order valence-corrected chi connectivity index (χ4v) is 2.74. The van der Waals surface area contributed by atoms with Crippen molar-refractivity contribution >= 4 is 17.8 Å². The van der Waals surface area contributed by atoms with Crippen molar-refractivity contribution in [1.29, 1.82) is 0 Å². The summed E-state index contributed by atoms with van der Waals surface area (Å²) in [7, 11) is 5.38. The van der Waals surface area contributed by atoms with Crippen molar-refractivity contribution in [3.8, 4) is 5.75 Å². The van der Waals surface area contributed by atoms with Gasteiger partial charge in [-0.3, -0.25) is 4.79 Å². The average Bonchev–Trinajstić information content (AvgIpc) is 3.20. The van der Waals surface area contributed by atoms with E-state index in [9.17, 15) is 4.79 Å². The van der Waals surface area contributed by atoms with Crippen LogP contribution in [0.2, 0.25) is 0 Å². The fourth-order valence-electron chi connectivity index (χ4n) is 2.74. The van der Waals surface area contributed by atoms with Crippen LogP contribution in [0.25, 0.3) is 0 Å². The van der Waals surface area contributed by atoms with Crippen LogP contribution < -0.4 is 19.9 Å². The molecule has 138 valence electrons. The molecular formula is C18H24N6O2. The van der Waals surface area contributed by atoms with Gasteiger partial charge in [-0.1, -0.05) is 0 Å². The van der Waals surface area contributed by atoms with Gasteiger partial charge in [-0.2, -0.15) is 15.0 Å². The van der Waals surface area contributed by atoms with Gasteiger partial charge in [-0.05, 0) is 37.1 Å². The highest BCUT2D eigenvalue weighted by Gasteiger charge is 2.18. The third-order valence-corrected chi connectivity index (χ3v) is 4.21. The molecule has 0 unspecified atom stereocenters. The largest absolute Gasteiger partial charge is 0.497 e. The molecule has 0 saturated carbocycles. The number of amides is 1. The maximum Gasteiger partial charge on any atom is 0.251 e. The Morgan fingerprint density at radius 2 is 1.85 bits per heavy atom.